The highest BCUT2D eigenvalue weighted by atomic mass is 35.5. The van der Waals surface area contributed by atoms with Gasteiger partial charge in [0.2, 0.25) is 17.7 Å². The van der Waals surface area contributed by atoms with E-state index in [-0.39, 0.29) is 30.1 Å². The number of likely N-dealkylation sites (tertiary alicyclic amines) is 1. The van der Waals surface area contributed by atoms with Crippen molar-refractivity contribution in [3.05, 3.63) is 23.2 Å². The maximum absolute atomic E-state index is 12.8. The van der Waals surface area contributed by atoms with Gasteiger partial charge in [0.05, 0.1) is 16.9 Å². The molecule has 0 aromatic heterocycles. The zero-order chi connectivity index (χ0) is 20.1. The largest absolute Gasteiger partial charge is 0.356 e. The highest BCUT2D eigenvalue weighted by Gasteiger charge is 2.33. The summed E-state index contributed by atoms with van der Waals surface area (Å²) in [4.78, 5) is 40.1. The van der Waals surface area contributed by atoms with Gasteiger partial charge in [0.15, 0.2) is 0 Å². The normalized spacial score (nSPS) is 21.6. The fraction of sp³-hybridized carbons (Fsp3) is 0.550. The van der Waals surface area contributed by atoms with Gasteiger partial charge in [-0.25, -0.2) is 0 Å². The number of carbonyl (C=O) groups is 3. The third-order valence-electron chi connectivity index (χ3n) is 5.10. The molecule has 152 valence electrons. The molecule has 28 heavy (non-hydrogen) atoms. The maximum atomic E-state index is 12.8. The molecular weight excluding hydrogens is 398 g/mol. The molecule has 3 rings (SSSR count). The second-order valence-corrected chi connectivity index (χ2v) is 8.94. The van der Waals surface area contributed by atoms with E-state index in [4.69, 9.17) is 11.6 Å². The molecule has 3 amide bonds. The summed E-state index contributed by atoms with van der Waals surface area (Å²) in [5, 5.41) is 5.89. The number of halogens is 1. The van der Waals surface area contributed by atoms with E-state index in [0.717, 1.165) is 30.6 Å². The standard InChI is InChI=1S/C20H26ClN3O3S/c1-2-3-8-22-19(26)13-5-4-9-24(12-13)18(25)11-17-20(27)23-15-10-14(21)6-7-16(15)28-17/h6-7,10,13,17H,2-5,8-9,11-12H2,1H3,(H,22,26)(H,23,27). The van der Waals surface area contributed by atoms with Crippen molar-refractivity contribution in [2.24, 2.45) is 5.92 Å². The molecule has 6 nitrogen and oxygen atoms in total. The third kappa shape index (κ3) is 5.20. The van der Waals surface area contributed by atoms with E-state index in [1.54, 1.807) is 17.0 Å². The summed E-state index contributed by atoms with van der Waals surface area (Å²) in [6.07, 6.45) is 3.73. The van der Waals surface area contributed by atoms with E-state index in [2.05, 4.69) is 17.6 Å². The molecule has 0 aliphatic carbocycles. The lowest BCUT2D eigenvalue weighted by Crippen LogP contribution is -2.46. The van der Waals surface area contributed by atoms with Crippen molar-refractivity contribution in [3.63, 3.8) is 0 Å². The first kappa shape index (κ1) is 21.0. The molecule has 2 atom stereocenters. The smallest absolute Gasteiger partial charge is 0.238 e. The Bertz CT molecular complexity index is 758. The number of amides is 3. The second-order valence-electron chi connectivity index (χ2n) is 7.26. The number of hydrogen-bond acceptors (Lipinski definition) is 4. The Kier molecular flexibility index (Phi) is 7.24. The number of rotatable bonds is 6. The lowest BCUT2D eigenvalue weighted by Gasteiger charge is -2.33. The van der Waals surface area contributed by atoms with Gasteiger partial charge in [-0.05, 0) is 37.5 Å². The summed E-state index contributed by atoms with van der Waals surface area (Å²) in [6.45, 7) is 3.84. The van der Waals surface area contributed by atoms with Crippen LogP contribution in [0.25, 0.3) is 0 Å². The molecule has 2 aliphatic rings. The van der Waals surface area contributed by atoms with Gasteiger partial charge in [0.25, 0.3) is 0 Å². The first-order valence-electron chi connectivity index (χ1n) is 9.80. The first-order chi connectivity index (χ1) is 13.5. The van der Waals surface area contributed by atoms with Crippen LogP contribution in [0.15, 0.2) is 23.1 Å². The molecule has 8 heteroatoms. The number of nitrogens with one attached hydrogen (secondary N) is 2. The maximum Gasteiger partial charge on any atom is 0.238 e. The lowest BCUT2D eigenvalue weighted by molar-refractivity contribution is -0.136. The SMILES string of the molecule is CCCCNC(=O)C1CCCN(C(=O)CC2Sc3ccc(Cl)cc3NC2=O)C1. The van der Waals surface area contributed by atoms with Crippen molar-refractivity contribution in [1.29, 1.82) is 0 Å². The molecule has 1 fully saturated rings. The average molecular weight is 424 g/mol. The Labute approximate surface area is 174 Å². The van der Waals surface area contributed by atoms with Crippen molar-refractivity contribution >= 4 is 46.8 Å². The summed E-state index contributed by atoms with van der Waals surface area (Å²) in [5.74, 6) is -0.387. The molecule has 0 spiro atoms. The summed E-state index contributed by atoms with van der Waals surface area (Å²) in [6, 6.07) is 5.35. The van der Waals surface area contributed by atoms with Crippen LogP contribution < -0.4 is 10.6 Å². The Morgan fingerprint density at radius 3 is 3.00 bits per heavy atom. The van der Waals surface area contributed by atoms with Gasteiger partial charge in [-0.2, -0.15) is 0 Å². The van der Waals surface area contributed by atoms with Crippen molar-refractivity contribution in [1.82, 2.24) is 10.2 Å². The van der Waals surface area contributed by atoms with Crippen molar-refractivity contribution in [3.8, 4) is 0 Å². The summed E-state index contributed by atoms with van der Waals surface area (Å²) in [5.41, 5.74) is 0.688. The highest BCUT2D eigenvalue weighted by molar-refractivity contribution is 8.01. The van der Waals surface area contributed by atoms with E-state index in [1.165, 1.54) is 11.8 Å². The van der Waals surface area contributed by atoms with Crippen LogP contribution in [0.4, 0.5) is 5.69 Å². The first-order valence-corrected chi connectivity index (χ1v) is 11.1. The fourth-order valence-electron chi connectivity index (χ4n) is 3.50. The molecule has 2 N–H and O–H groups in total. The van der Waals surface area contributed by atoms with Crippen LogP contribution in [0, 0.1) is 5.92 Å². The van der Waals surface area contributed by atoms with E-state index in [1.807, 2.05) is 6.07 Å². The van der Waals surface area contributed by atoms with Gasteiger partial charge in [-0.1, -0.05) is 24.9 Å². The van der Waals surface area contributed by atoms with E-state index in [0.29, 0.717) is 30.3 Å². The molecule has 1 aromatic rings. The number of carbonyl (C=O) groups excluding carboxylic acids is 3. The monoisotopic (exact) mass is 423 g/mol. The van der Waals surface area contributed by atoms with Crippen molar-refractivity contribution in [2.45, 2.75) is 49.2 Å². The number of nitrogens with zero attached hydrogens (tertiary/aromatic N) is 1. The second kappa shape index (κ2) is 9.65. The molecule has 1 aromatic carbocycles. The van der Waals surface area contributed by atoms with Crippen LogP contribution >= 0.6 is 23.4 Å². The molecule has 0 bridgehead atoms. The number of fused-ring (bicyclic) bond motifs is 1. The molecular formula is C20H26ClN3O3S. The number of hydrogen-bond donors (Lipinski definition) is 2. The minimum atomic E-state index is -0.472. The molecule has 2 unspecified atom stereocenters. The van der Waals surface area contributed by atoms with E-state index < -0.39 is 5.25 Å². The van der Waals surface area contributed by atoms with Gasteiger partial charge < -0.3 is 15.5 Å². The zero-order valence-electron chi connectivity index (χ0n) is 16.0. The predicted molar refractivity (Wildman–Crippen MR) is 112 cm³/mol. The Hall–Kier alpha value is -1.73. The summed E-state index contributed by atoms with van der Waals surface area (Å²) >= 11 is 7.36. The molecule has 0 radical (unpaired) electrons. The Balaban J connectivity index is 1.56. The van der Waals surface area contributed by atoms with Gasteiger partial charge in [-0.15, -0.1) is 11.8 Å². The number of thioether (sulfide) groups is 1. The topological polar surface area (TPSA) is 78.5 Å². The number of piperidine rings is 1. The molecule has 1 saturated heterocycles. The van der Waals surface area contributed by atoms with Crippen LogP contribution in [0.2, 0.25) is 5.02 Å². The van der Waals surface area contributed by atoms with Crippen molar-refractivity contribution < 1.29 is 14.4 Å². The Morgan fingerprint density at radius 1 is 1.39 bits per heavy atom. The van der Waals surface area contributed by atoms with E-state index in [9.17, 15) is 14.4 Å². The van der Waals surface area contributed by atoms with Crippen LogP contribution in [0.5, 0.6) is 0 Å². The molecule has 2 aliphatic heterocycles. The lowest BCUT2D eigenvalue weighted by atomic mass is 9.96. The number of anilines is 1. The Morgan fingerprint density at radius 2 is 2.21 bits per heavy atom. The number of unbranched alkanes of at least 4 members (excludes halogenated alkanes) is 1. The van der Waals surface area contributed by atoms with Gasteiger partial charge in [-0.3, -0.25) is 14.4 Å². The minimum Gasteiger partial charge on any atom is -0.356 e. The van der Waals surface area contributed by atoms with Gasteiger partial charge in [0, 0.05) is 36.0 Å². The quantitative estimate of drug-likeness (QED) is 0.688. The van der Waals surface area contributed by atoms with Crippen molar-refractivity contribution in [2.75, 3.05) is 25.0 Å². The van der Waals surface area contributed by atoms with Gasteiger partial charge >= 0.3 is 0 Å². The van der Waals surface area contributed by atoms with E-state index >= 15 is 0 Å². The highest BCUT2D eigenvalue weighted by Crippen LogP contribution is 2.38. The zero-order valence-corrected chi connectivity index (χ0v) is 17.6. The van der Waals surface area contributed by atoms with Gasteiger partial charge in [0.1, 0.15) is 0 Å². The number of benzene rings is 1. The predicted octanol–water partition coefficient (Wildman–Crippen LogP) is 3.30. The molecule has 0 saturated carbocycles. The minimum absolute atomic E-state index is 0.0292. The van der Waals surface area contributed by atoms with Crippen LogP contribution in [-0.2, 0) is 14.4 Å². The average Bonchev–Trinajstić information content (AvgIpc) is 2.69. The van der Waals surface area contributed by atoms with Crippen LogP contribution in [-0.4, -0.2) is 47.5 Å². The van der Waals surface area contributed by atoms with Crippen LogP contribution in [0.3, 0.4) is 0 Å². The van der Waals surface area contributed by atoms with Crippen LogP contribution in [0.1, 0.15) is 39.0 Å². The fourth-order valence-corrected chi connectivity index (χ4v) is 4.75. The molecule has 2 heterocycles. The third-order valence-corrected chi connectivity index (χ3v) is 6.61. The summed E-state index contributed by atoms with van der Waals surface area (Å²) in [7, 11) is 0. The summed E-state index contributed by atoms with van der Waals surface area (Å²) < 4.78 is 0.